The van der Waals surface area contributed by atoms with E-state index in [4.69, 9.17) is 28.1 Å². The molecule has 0 amide bonds. The molecule has 10 atom stereocenters. The largest absolute Gasteiger partial charge is 0.507 e. The first-order chi connectivity index (χ1) is 21.4. The lowest BCUT2D eigenvalue weighted by atomic mass is 9.97. The topological polar surface area (TPSA) is 279 Å². The first-order valence-corrected chi connectivity index (χ1v) is 13.5. The lowest BCUT2D eigenvalue weighted by Gasteiger charge is -2.45. The summed E-state index contributed by atoms with van der Waals surface area (Å²) in [7, 11) is 1.29. The van der Waals surface area contributed by atoms with E-state index in [9.17, 15) is 55.9 Å². The number of aliphatic hydroxyl groups excluding tert-OH is 7. The van der Waals surface area contributed by atoms with Crippen LogP contribution in [0.5, 0.6) is 28.7 Å². The van der Waals surface area contributed by atoms with E-state index in [1.54, 1.807) is 0 Å². The number of phenolic OH excluding ortho intramolecular Hbond substituents is 2. The minimum atomic E-state index is -1.90. The van der Waals surface area contributed by atoms with E-state index in [1.807, 2.05) is 0 Å². The molecule has 0 bridgehead atoms. The van der Waals surface area contributed by atoms with Crippen LogP contribution < -0.4 is 14.9 Å². The number of aliphatic hydroxyl groups is 7. The molecule has 2 fully saturated rings. The van der Waals surface area contributed by atoms with Crippen molar-refractivity contribution < 1.29 is 79.2 Å². The number of phenols is 2. The minimum absolute atomic E-state index is 0.00801. The number of hydrogen-bond acceptors (Lipinski definition) is 17. The number of fused-ring (bicyclic) bond motifs is 1. The molecule has 2 aromatic carbocycles. The van der Waals surface area contributed by atoms with E-state index in [0.29, 0.717) is 0 Å². The summed E-state index contributed by atoms with van der Waals surface area (Å²) in [6.45, 7) is -1.57. The Kier molecular flexibility index (Phi) is 9.38. The third-order valence-electron chi connectivity index (χ3n) is 7.58. The number of methoxy groups -OCH3 is 1. The van der Waals surface area contributed by atoms with Crippen LogP contribution in [0, 0.1) is 0 Å². The quantitative estimate of drug-likeness (QED) is 0.123. The SMILES string of the molecule is COc1cc(-c2oc3cc(OC4OC(CO)C(O)C(O)C4OC4OC(CO)C(O)C(O)C4O)cc(O)c3c(=O)c2O)ccc1O. The van der Waals surface area contributed by atoms with Gasteiger partial charge in [0, 0.05) is 17.7 Å². The van der Waals surface area contributed by atoms with Gasteiger partial charge in [-0.05, 0) is 18.2 Å². The highest BCUT2D eigenvalue weighted by Gasteiger charge is 2.51. The van der Waals surface area contributed by atoms with Crippen molar-refractivity contribution in [2.75, 3.05) is 20.3 Å². The zero-order chi connectivity index (χ0) is 32.7. The molecule has 0 radical (unpaired) electrons. The van der Waals surface area contributed by atoms with E-state index in [0.717, 1.165) is 12.1 Å². The average molecular weight is 641 g/mol. The van der Waals surface area contributed by atoms with Crippen LogP contribution in [0.3, 0.4) is 0 Å². The van der Waals surface area contributed by atoms with Gasteiger partial charge in [-0.1, -0.05) is 0 Å². The van der Waals surface area contributed by atoms with E-state index in [-0.39, 0.29) is 34.2 Å². The smallest absolute Gasteiger partial charge is 0.238 e. The Balaban J connectivity index is 1.51. The Morgan fingerprint density at radius 2 is 1.42 bits per heavy atom. The molecule has 3 heterocycles. The lowest BCUT2D eigenvalue weighted by molar-refractivity contribution is -0.357. The van der Waals surface area contributed by atoms with Crippen LogP contribution in [0.15, 0.2) is 39.5 Å². The molecule has 0 aliphatic carbocycles. The standard InChI is InChI=1S/C28H32O17/c1-40-13-4-9(2-3-11(13)31)25-23(38)20(35)17-12(32)5-10(6-14(17)42-25)41-28-26(22(37)19(34)16(8-30)44-28)45-27-24(39)21(36)18(33)15(7-29)43-27/h2-6,15-16,18-19,21-22,24,26-34,36-39H,7-8H2,1H3. The molecule has 17 nitrogen and oxygen atoms in total. The molecular weight excluding hydrogens is 608 g/mol. The van der Waals surface area contributed by atoms with Gasteiger partial charge in [-0.25, -0.2) is 0 Å². The van der Waals surface area contributed by atoms with Crippen molar-refractivity contribution in [3.8, 4) is 40.1 Å². The summed E-state index contributed by atoms with van der Waals surface area (Å²) in [6.07, 6.45) is -17.1. The molecule has 1 aromatic heterocycles. The number of hydrogen-bond donors (Lipinski definition) is 10. The summed E-state index contributed by atoms with van der Waals surface area (Å²) in [6, 6.07) is 5.93. The molecule has 0 saturated carbocycles. The summed E-state index contributed by atoms with van der Waals surface area (Å²) in [5.41, 5.74) is -1.19. The first kappa shape index (κ1) is 32.6. The van der Waals surface area contributed by atoms with Crippen LogP contribution in [0.25, 0.3) is 22.3 Å². The maximum absolute atomic E-state index is 13.0. The molecule has 0 spiro atoms. The summed E-state index contributed by atoms with van der Waals surface area (Å²) in [5, 5.41) is 102. The molecule has 5 rings (SSSR count). The second kappa shape index (κ2) is 12.9. The van der Waals surface area contributed by atoms with Crippen LogP contribution in [-0.4, -0.2) is 133 Å². The van der Waals surface area contributed by atoms with Crippen molar-refractivity contribution >= 4 is 11.0 Å². The fourth-order valence-electron chi connectivity index (χ4n) is 5.11. The fourth-order valence-corrected chi connectivity index (χ4v) is 5.11. The van der Waals surface area contributed by atoms with Crippen molar-refractivity contribution in [1.82, 2.24) is 0 Å². The lowest BCUT2D eigenvalue weighted by Crippen LogP contribution is -2.65. The fraction of sp³-hybridized carbons (Fsp3) is 0.464. The predicted molar refractivity (Wildman–Crippen MR) is 146 cm³/mol. The predicted octanol–water partition coefficient (Wildman–Crippen LogP) is -2.41. The van der Waals surface area contributed by atoms with Crippen molar-refractivity contribution in [3.63, 3.8) is 0 Å². The average Bonchev–Trinajstić information content (AvgIpc) is 3.02. The highest BCUT2D eigenvalue weighted by atomic mass is 16.8. The zero-order valence-corrected chi connectivity index (χ0v) is 23.4. The van der Waals surface area contributed by atoms with Crippen LogP contribution in [-0.2, 0) is 14.2 Å². The van der Waals surface area contributed by atoms with Crippen molar-refractivity contribution in [2.24, 2.45) is 0 Å². The van der Waals surface area contributed by atoms with E-state index < -0.39 is 96.9 Å². The van der Waals surface area contributed by atoms with Crippen molar-refractivity contribution in [3.05, 3.63) is 40.6 Å². The highest BCUT2D eigenvalue weighted by Crippen LogP contribution is 2.39. The number of aromatic hydroxyl groups is 3. The molecule has 45 heavy (non-hydrogen) atoms. The normalized spacial score (nSPS) is 32.0. The van der Waals surface area contributed by atoms with Crippen LogP contribution in [0.4, 0.5) is 0 Å². The summed E-state index contributed by atoms with van der Waals surface area (Å²) >= 11 is 0. The van der Waals surface area contributed by atoms with E-state index >= 15 is 0 Å². The monoisotopic (exact) mass is 640 g/mol. The molecule has 2 saturated heterocycles. The van der Waals surface area contributed by atoms with Gasteiger partial charge >= 0.3 is 0 Å². The molecule has 10 N–H and O–H groups in total. The van der Waals surface area contributed by atoms with Crippen molar-refractivity contribution in [2.45, 2.75) is 61.4 Å². The Hall–Kier alpha value is -3.75. The Morgan fingerprint density at radius 3 is 2.07 bits per heavy atom. The number of benzene rings is 2. The van der Waals surface area contributed by atoms with E-state index in [2.05, 4.69) is 0 Å². The Bertz CT molecular complexity index is 1570. The molecule has 17 heteroatoms. The third-order valence-corrected chi connectivity index (χ3v) is 7.58. The molecular formula is C28H32O17. The molecule has 10 unspecified atom stereocenters. The summed E-state index contributed by atoms with van der Waals surface area (Å²) in [4.78, 5) is 13.0. The maximum Gasteiger partial charge on any atom is 0.238 e. The highest BCUT2D eigenvalue weighted by molar-refractivity contribution is 5.88. The van der Waals surface area contributed by atoms with E-state index in [1.165, 1.54) is 25.3 Å². The van der Waals surface area contributed by atoms with Gasteiger partial charge in [0.25, 0.3) is 0 Å². The van der Waals surface area contributed by atoms with Crippen LogP contribution >= 0.6 is 0 Å². The van der Waals surface area contributed by atoms with Gasteiger partial charge < -0.3 is 79.2 Å². The molecule has 246 valence electrons. The Labute approximate surface area is 252 Å². The summed E-state index contributed by atoms with van der Waals surface area (Å²) < 4.78 is 33.1. The second-order valence-corrected chi connectivity index (χ2v) is 10.4. The van der Waals surface area contributed by atoms with Gasteiger partial charge in [-0.15, -0.1) is 0 Å². The van der Waals surface area contributed by atoms with Crippen LogP contribution in [0.1, 0.15) is 0 Å². The third kappa shape index (κ3) is 5.98. The molecule has 3 aromatic rings. The number of rotatable bonds is 8. The zero-order valence-electron chi connectivity index (χ0n) is 23.4. The van der Waals surface area contributed by atoms with Gasteiger partial charge in [-0.2, -0.15) is 0 Å². The second-order valence-electron chi connectivity index (χ2n) is 10.4. The molecule has 2 aliphatic rings. The first-order valence-electron chi connectivity index (χ1n) is 13.5. The van der Waals surface area contributed by atoms with Gasteiger partial charge in [0.1, 0.15) is 65.2 Å². The van der Waals surface area contributed by atoms with Gasteiger partial charge in [0.15, 0.2) is 29.7 Å². The maximum atomic E-state index is 13.0. The van der Waals surface area contributed by atoms with Gasteiger partial charge in [0.2, 0.25) is 17.5 Å². The summed E-state index contributed by atoms with van der Waals surface area (Å²) in [5.74, 6) is -2.39. The van der Waals surface area contributed by atoms with Gasteiger partial charge in [-0.3, -0.25) is 4.79 Å². The molecule has 2 aliphatic heterocycles. The van der Waals surface area contributed by atoms with Crippen LogP contribution in [0.2, 0.25) is 0 Å². The van der Waals surface area contributed by atoms with Crippen molar-refractivity contribution in [1.29, 1.82) is 0 Å². The minimum Gasteiger partial charge on any atom is -0.507 e. The Morgan fingerprint density at radius 1 is 0.778 bits per heavy atom. The van der Waals surface area contributed by atoms with Gasteiger partial charge in [0.05, 0.1) is 20.3 Å². The number of ether oxygens (including phenoxy) is 5.